The van der Waals surface area contributed by atoms with E-state index in [2.05, 4.69) is 16.0 Å². The van der Waals surface area contributed by atoms with Gasteiger partial charge in [-0.3, -0.25) is 0 Å². The minimum absolute atomic E-state index is 0.00696. The molecule has 0 bridgehead atoms. The summed E-state index contributed by atoms with van der Waals surface area (Å²) in [7, 11) is -8.29. The Labute approximate surface area is 389 Å². The fourth-order valence-electron chi connectivity index (χ4n) is 7.23. The quantitative estimate of drug-likeness (QED) is 0.0404. The predicted molar refractivity (Wildman–Crippen MR) is 256 cm³/mol. The van der Waals surface area contributed by atoms with Crippen LogP contribution in [0.25, 0.3) is 0 Å². The van der Waals surface area contributed by atoms with Crippen LogP contribution in [0.3, 0.4) is 0 Å². The Hall–Kier alpha value is -5.82. The molecule has 7 N–H and O–H groups in total. The molecule has 17 heteroatoms. The Morgan fingerprint density at radius 3 is 1.38 bits per heavy atom. The maximum Gasteiger partial charge on any atom is 0.407 e. The van der Waals surface area contributed by atoms with Crippen LogP contribution in [0.2, 0.25) is 0 Å². The number of nitrogens with zero attached hydrogens (tertiary/aromatic N) is 2. The van der Waals surface area contributed by atoms with E-state index in [9.17, 15) is 36.6 Å². The summed E-state index contributed by atoms with van der Waals surface area (Å²) in [6, 6.07) is 36.2. The molecule has 66 heavy (non-hydrogen) atoms. The molecule has 0 heterocycles. The van der Waals surface area contributed by atoms with Gasteiger partial charge in [-0.15, -0.1) is 0 Å². The Kier molecular flexibility index (Phi) is 18.7. The number of sulfonamides is 2. The van der Waals surface area contributed by atoms with Gasteiger partial charge in [0.25, 0.3) is 0 Å². The van der Waals surface area contributed by atoms with Gasteiger partial charge in [-0.05, 0) is 89.9 Å². The largest absolute Gasteiger partial charge is 0.445 e. The lowest BCUT2D eigenvalue weighted by Crippen LogP contribution is -2.52. The van der Waals surface area contributed by atoms with Crippen LogP contribution in [0.5, 0.6) is 0 Å². The average Bonchev–Trinajstić information content (AvgIpc) is 3.28. The van der Waals surface area contributed by atoms with E-state index < -0.39 is 56.5 Å². The van der Waals surface area contributed by atoms with Crippen molar-refractivity contribution in [3.8, 4) is 0 Å². The fourth-order valence-corrected chi connectivity index (χ4v) is 10.5. The first-order chi connectivity index (χ1) is 31.4. The lowest BCUT2D eigenvalue weighted by atomic mass is 10.0. The van der Waals surface area contributed by atoms with Crippen LogP contribution in [0.15, 0.2) is 149 Å². The normalized spacial score (nSPS) is 13.8. The molecule has 0 unspecified atom stereocenters. The summed E-state index contributed by atoms with van der Waals surface area (Å²) < 4.78 is 63.9. The van der Waals surface area contributed by atoms with Crippen molar-refractivity contribution in [1.82, 2.24) is 19.2 Å². The second-order valence-electron chi connectivity index (χ2n) is 17.1. The monoisotopic (exact) mass is 942 g/mol. The van der Waals surface area contributed by atoms with Crippen molar-refractivity contribution in [3.05, 3.63) is 156 Å². The van der Waals surface area contributed by atoms with Crippen LogP contribution in [0.1, 0.15) is 44.4 Å². The summed E-state index contributed by atoms with van der Waals surface area (Å²) in [6.45, 7) is 6.92. The number of urea groups is 1. The minimum atomic E-state index is -4.23. The number of amides is 3. The van der Waals surface area contributed by atoms with Gasteiger partial charge in [0.1, 0.15) is 6.61 Å². The van der Waals surface area contributed by atoms with E-state index in [1.807, 2.05) is 119 Å². The van der Waals surface area contributed by atoms with Gasteiger partial charge in [-0.25, -0.2) is 26.4 Å². The molecule has 0 saturated heterocycles. The SMILES string of the molecule is CC(C)CN(C[C@@H](O)[C@H](Cc1ccccc1)NC(=O)Nc1ccc(S(=O)(=O)N(CC(C)C)C[C@@H](O)[C@H](Cc2ccccc2)NC(=O)OCc2ccccc2)cc1)S(=O)(=O)c1ccc(N)cc1. The highest BCUT2D eigenvalue weighted by atomic mass is 32.2. The molecule has 0 fully saturated rings. The highest BCUT2D eigenvalue weighted by molar-refractivity contribution is 7.89. The number of aliphatic hydroxyl groups excluding tert-OH is 2. The molecular formula is C49H62N6O9S2. The van der Waals surface area contributed by atoms with E-state index in [0.29, 0.717) is 5.69 Å². The van der Waals surface area contributed by atoms with E-state index in [4.69, 9.17) is 10.5 Å². The third-order valence-electron chi connectivity index (χ3n) is 10.5. The number of rotatable bonds is 23. The second-order valence-corrected chi connectivity index (χ2v) is 20.9. The number of nitrogen functional groups attached to an aromatic ring is 1. The molecule has 0 spiro atoms. The molecular weight excluding hydrogens is 881 g/mol. The van der Waals surface area contributed by atoms with Crippen LogP contribution >= 0.6 is 0 Å². The standard InChI is InChI=1S/C49H62N6O9S2/c1-35(2)30-54(65(60,61)42-24-20-40(50)21-25-42)32-46(56)44(28-37-14-8-5-9-15-37)52-48(58)51-41-22-26-43(27-23-41)66(62,63)55(31-36(3)4)33-47(57)45(29-38-16-10-6-11-17-38)53-49(59)64-34-39-18-12-7-13-19-39/h5-27,35-36,44-47,56-57H,28-34,50H2,1-4H3,(H,53,59)(H2,51,52,58)/t44-,45-,46+,47+/m0/s1. The lowest BCUT2D eigenvalue weighted by molar-refractivity contribution is 0.0873. The molecule has 5 rings (SSSR count). The van der Waals surface area contributed by atoms with Gasteiger partial charge in [-0.2, -0.15) is 8.61 Å². The minimum Gasteiger partial charge on any atom is -0.445 e. The predicted octanol–water partition coefficient (Wildman–Crippen LogP) is 6.25. The highest BCUT2D eigenvalue weighted by Gasteiger charge is 2.33. The van der Waals surface area contributed by atoms with Gasteiger partial charge in [0, 0.05) is 37.6 Å². The topological polar surface area (TPSA) is 221 Å². The van der Waals surface area contributed by atoms with Gasteiger partial charge in [0.15, 0.2) is 0 Å². The first kappa shape index (κ1) is 51.2. The Balaban J connectivity index is 1.30. The Morgan fingerprint density at radius 2 is 0.955 bits per heavy atom. The molecule has 4 atom stereocenters. The summed E-state index contributed by atoms with van der Waals surface area (Å²) in [6.07, 6.45) is -3.10. The molecule has 354 valence electrons. The third-order valence-corrected chi connectivity index (χ3v) is 14.2. The van der Waals surface area contributed by atoms with Crippen LogP contribution in [-0.4, -0.2) is 98.3 Å². The van der Waals surface area contributed by atoms with Gasteiger partial charge in [-0.1, -0.05) is 119 Å². The molecule has 5 aromatic carbocycles. The first-order valence-corrected chi connectivity index (χ1v) is 24.7. The zero-order valence-electron chi connectivity index (χ0n) is 37.7. The Morgan fingerprint density at radius 1 is 0.561 bits per heavy atom. The van der Waals surface area contributed by atoms with Crippen LogP contribution in [0.4, 0.5) is 21.0 Å². The van der Waals surface area contributed by atoms with Crippen molar-refractivity contribution < 1.29 is 41.4 Å². The maximum absolute atomic E-state index is 14.2. The zero-order valence-corrected chi connectivity index (χ0v) is 39.4. The number of aliphatic hydroxyl groups is 2. The molecule has 0 aliphatic heterocycles. The van der Waals surface area contributed by atoms with Crippen LogP contribution in [-0.2, 0) is 44.2 Å². The van der Waals surface area contributed by atoms with Crippen LogP contribution < -0.4 is 21.7 Å². The number of anilines is 2. The lowest BCUT2D eigenvalue weighted by Gasteiger charge is -2.31. The van der Waals surface area contributed by atoms with Gasteiger partial charge in [0.05, 0.1) is 34.1 Å². The summed E-state index contributed by atoms with van der Waals surface area (Å²) in [5.41, 5.74) is 8.83. The molecule has 0 aromatic heterocycles. The van der Waals surface area contributed by atoms with Crippen molar-refractivity contribution in [2.75, 3.05) is 37.2 Å². The fraction of sp³-hybridized carbons (Fsp3) is 0.347. The van der Waals surface area contributed by atoms with Crippen molar-refractivity contribution in [1.29, 1.82) is 0 Å². The number of carbonyl (C=O) groups is 2. The van der Waals surface area contributed by atoms with Gasteiger partial charge in [0.2, 0.25) is 20.0 Å². The maximum atomic E-state index is 14.2. The number of nitrogens with one attached hydrogen (secondary N) is 3. The van der Waals surface area contributed by atoms with Crippen molar-refractivity contribution in [2.24, 2.45) is 11.8 Å². The number of alkyl carbamates (subject to hydrolysis) is 1. The van der Waals surface area contributed by atoms with Crippen molar-refractivity contribution >= 4 is 43.5 Å². The number of ether oxygens (including phenoxy) is 1. The van der Waals surface area contributed by atoms with E-state index in [-0.39, 0.29) is 72.9 Å². The number of carbonyl (C=O) groups excluding carboxylic acids is 2. The van der Waals surface area contributed by atoms with Crippen molar-refractivity contribution in [2.45, 2.75) is 81.2 Å². The molecule has 0 aliphatic carbocycles. The third kappa shape index (κ3) is 15.4. The van der Waals surface area contributed by atoms with Crippen LogP contribution in [0, 0.1) is 11.8 Å². The molecule has 5 aromatic rings. The smallest absolute Gasteiger partial charge is 0.407 e. The summed E-state index contributed by atoms with van der Waals surface area (Å²) in [5.74, 6) is -0.226. The number of nitrogens with two attached hydrogens (primary N) is 1. The zero-order chi connectivity index (χ0) is 47.9. The molecule has 0 radical (unpaired) electrons. The number of hydrogen-bond donors (Lipinski definition) is 6. The number of benzene rings is 5. The average molecular weight is 943 g/mol. The summed E-state index contributed by atoms with van der Waals surface area (Å²) in [4.78, 5) is 26.5. The molecule has 15 nitrogen and oxygen atoms in total. The second kappa shape index (κ2) is 24.1. The first-order valence-electron chi connectivity index (χ1n) is 21.8. The van der Waals surface area contributed by atoms with Crippen molar-refractivity contribution in [3.63, 3.8) is 0 Å². The number of hydrogen-bond acceptors (Lipinski definition) is 10. The Bertz CT molecular complexity index is 2500. The van der Waals surface area contributed by atoms with E-state index >= 15 is 0 Å². The van der Waals surface area contributed by atoms with E-state index in [0.717, 1.165) is 16.7 Å². The summed E-state index contributed by atoms with van der Waals surface area (Å²) in [5, 5.41) is 31.6. The van der Waals surface area contributed by atoms with Gasteiger partial charge >= 0.3 is 12.1 Å². The highest BCUT2D eigenvalue weighted by Crippen LogP contribution is 2.23. The van der Waals surface area contributed by atoms with E-state index in [1.165, 1.54) is 57.1 Å². The van der Waals surface area contributed by atoms with Gasteiger partial charge < -0.3 is 36.6 Å². The summed E-state index contributed by atoms with van der Waals surface area (Å²) >= 11 is 0. The molecule has 0 saturated carbocycles. The van der Waals surface area contributed by atoms with E-state index in [1.54, 1.807) is 0 Å². The molecule has 0 aliphatic rings. The molecule has 3 amide bonds.